The van der Waals surface area contributed by atoms with Gasteiger partial charge < -0.3 is 9.88 Å². The fraction of sp³-hybridized carbons (Fsp3) is 0.360. The molecule has 1 N–H and O–H groups in total. The maximum absolute atomic E-state index is 13.5. The Balaban J connectivity index is 1.83. The van der Waals surface area contributed by atoms with Crippen molar-refractivity contribution in [2.24, 2.45) is 0 Å². The van der Waals surface area contributed by atoms with Crippen LogP contribution >= 0.6 is 0 Å². The number of aromatic nitrogens is 2. The predicted octanol–water partition coefficient (Wildman–Crippen LogP) is 4.02. The van der Waals surface area contributed by atoms with Crippen LogP contribution in [0, 0.1) is 11.3 Å². The third kappa shape index (κ3) is 4.95. The largest absolute Gasteiger partial charge is 0.364 e. The summed E-state index contributed by atoms with van der Waals surface area (Å²) < 4.78 is 28.7. The number of anilines is 1. The summed E-state index contributed by atoms with van der Waals surface area (Å²) >= 11 is 0. The van der Waals surface area contributed by atoms with Crippen LogP contribution < -0.4 is 4.90 Å². The second kappa shape index (κ2) is 9.77. The molecule has 0 spiro atoms. The van der Waals surface area contributed by atoms with Gasteiger partial charge in [-0.05, 0) is 41.7 Å². The molecule has 0 amide bonds. The molecule has 172 valence electrons. The van der Waals surface area contributed by atoms with Crippen molar-refractivity contribution in [2.75, 3.05) is 17.2 Å². The highest BCUT2D eigenvalue weighted by molar-refractivity contribution is 7.89. The fourth-order valence-corrected chi connectivity index (χ4v) is 6.33. The van der Waals surface area contributed by atoms with Crippen molar-refractivity contribution in [3.8, 4) is 6.07 Å². The Morgan fingerprint density at radius 2 is 2.03 bits per heavy atom. The first-order valence-corrected chi connectivity index (χ1v) is 12.8. The number of hydrogen-bond acceptors (Lipinski definition) is 5. The third-order valence-electron chi connectivity index (χ3n) is 6.29. The molecular formula is C25H29N5O2S. The van der Waals surface area contributed by atoms with Crippen molar-refractivity contribution in [3.63, 3.8) is 0 Å². The summed E-state index contributed by atoms with van der Waals surface area (Å²) in [4.78, 5) is 9.51. The van der Waals surface area contributed by atoms with E-state index in [4.69, 9.17) is 0 Å². The Morgan fingerprint density at radius 1 is 1.24 bits per heavy atom. The van der Waals surface area contributed by atoms with Gasteiger partial charge in [0.1, 0.15) is 0 Å². The first-order chi connectivity index (χ1) is 15.9. The molecule has 0 bridgehead atoms. The number of nitriles is 1. The van der Waals surface area contributed by atoms with E-state index in [1.807, 2.05) is 37.3 Å². The van der Waals surface area contributed by atoms with Crippen LogP contribution in [-0.4, -0.2) is 41.0 Å². The van der Waals surface area contributed by atoms with Gasteiger partial charge in [0.05, 0.1) is 36.0 Å². The molecule has 0 fully saturated rings. The first-order valence-electron chi connectivity index (χ1n) is 11.2. The monoisotopic (exact) mass is 463 g/mol. The van der Waals surface area contributed by atoms with Crippen LogP contribution in [0.2, 0.25) is 0 Å². The van der Waals surface area contributed by atoms with Gasteiger partial charge in [-0.15, -0.1) is 0 Å². The molecule has 2 aromatic carbocycles. The molecule has 4 rings (SSSR count). The van der Waals surface area contributed by atoms with Crippen LogP contribution in [0.1, 0.15) is 48.6 Å². The van der Waals surface area contributed by atoms with Gasteiger partial charge in [-0.1, -0.05) is 44.2 Å². The molecule has 7 nitrogen and oxygen atoms in total. The van der Waals surface area contributed by atoms with Gasteiger partial charge in [-0.25, -0.2) is 13.4 Å². The lowest BCUT2D eigenvalue weighted by molar-refractivity contribution is 0.288. The zero-order valence-electron chi connectivity index (χ0n) is 19.0. The van der Waals surface area contributed by atoms with Crippen LogP contribution in [-0.2, 0) is 23.1 Å². The molecule has 2 atom stereocenters. The van der Waals surface area contributed by atoms with Gasteiger partial charge in [0, 0.05) is 31.0 Å². The lowest BCUT2D eigenvalue weighted by Gasteiger charge is -2.36. The molecule has 8 heteroatoms. The van der Waals surface area contributed by atoms with E-state index in [0.29, 0.717) is 25.1 Å². The highest BCUT2D eigenvalue weighted by atomic mass is 32.2. The molecular weight excluding hydrogens is 434 g/mol. The predicted molar refractivity (Wildman–Crippen MR) is 129 cm³/mol. The highest BCUT2D eigenvalue weighted by Crippen LogP contribution is 2.35. The number of benzene rings is 2. The summed E-state index contributed by atoms with van der Waals surface area (Å²) in [5, 5.41) is 9.47. The van der Waals surface area contributed by atoms with E-state index in [1.165, 1.54) is 0 Å². The highest BCUT2D eigenvalue weighted by Gasteiger charge is 2.38. The molecule has 0 aliphatic carbocycles. The number of fused-ring (bicyclic) bond motifs is 1. The Morgan fingerprint density at radius 3 is 2.70 bits per heavy atom. The molecule has 0 unspecified atom stereocenters. The zero-order valence-corrected chi connectivity index (χ0v) is 19.8. The average molecular weight is 464 g/mol. The van der Waals surface area contributed by atoms with E-state index < -0.39 is 10.0 Å². The summed E-state index contributed by atoms with van der Waals surface area (Å²) in [7, 11) is -3.50. The van der Waals surface area contributed by atoms with Gasteiger partial charge in [0.2, 0.25) is 10.0 Å². The molecule has 3 aromatic rings. The maximum Gasteiger partial charge on any atom is 0.214 e. The number of rotatable bonds is 7. The van der Waals surface area contributed by atoms with E-state index in [2.05, 4.69) is 40.0 Å². The first kappa shape index (κ1) is 23.0. The molecule has 1 aromatic heterocycles. The smallest absolute Gasteiger partial charge is 0.214 e. The SMILES string of the molecule is CCCS(=O)(=O)N1Cc2cc(C#N)ccc2N(Cc2cnc[nH]2)C[C@@H]1[C@@H](C)c1ccccc1. The van der Waals surface area contributed by atoms with E-state index in [1.54, 1.807) is 22.9 Å². The van der Waals surface area contributed by atoms with Crippen LogP contribution in [0.5, 0.6) is 0 Å². The third-order valence-corrected chi connectivity index (χ3v) is 8.33. The molecule has 0 saturated carbocycles. The van der Waals surface area contributed by atoms with Gasteiger partial charge in [-0.3, -0.25) is 0 Å². The van der Waals surface area contributed by atoms with Crippen LogP contribution in [0.25, 0.3) is 0 Å². The number of H-pyrrole nitrogens is 1. The second-order valence-electron chi connectivity index (χ2n) is 8.54. The van der Waals surface area contributed by atoms with Crippen molar-refractivity contribution < 1.29 is 8.42 Å². The van der Waals surface area contributed by atoms with E-state index in [0.717, 1.165) is 22.5 Å². The van der Waals surface area contributed by atoms with Gasteiger partial charge in [-0.2, -0.15) is 9.57 Å². The molecule has 0 radical (unpaired) electrons. The minimum Gasteiger partial charge on any atom is -0.364 e. The minimum atomic E-state index is -3.50. The molecule has 2 heterocycles. The van der Waals surface area contributed by atoms with E-state index in [-0.39, 0.29) is 24.3 Å². The Labute approximate surface area is 195 Å². The van der Waals surface area contributed by atoms with E-state index in [9.17, 15) is 13.7 Å². The summed E-state index contributed by atoms with van der Waals surface area (Å²) in [6.07, 6.45) is 3.98. The Bertz CT molecular complexity index is 1220. The molecule has 1 aliphatic heterocycles. The summed E-state index contributed by atoms with van der Waals surface area (Å²) in [5.74, 6) is 0.0746. The summed E-state index contributed by atoms with van der Waals surface area (Å²) in [5.41, 5.74) is 4.36. The van der Waals surface area contributed by atoms with Crippen LogP contribution in [0.3, 0.4) is 0 Å². The Kier molecular flexibility index (Phi) is 6.82. The van der Waals surface area contributed by atoms with Crippen molar-refractivity contribution >= 4 is 15.7 Å². The van der Waals surface area contributed by atoms with E-state index >= 15 is 0 Å². The molecule has 1 aliphatic rings. The number of aromatic amines is 1. The van der Waals surface area contributed by atoms with Crippen molar-refractivity contribution in [1.29, 1.82) is 5.26 Å². The number of nitrogens with one attached hydrogen (secondary N) is 1. The topological polar surface area (TPSA) is 93.1 Å². The van der Waals surface area contributed by atoms with Gasteiger partial charge in [0.15, 0.2) is 0 Å². The lowest BCUT2D eigenvalue weighted by atomic mass is 9.93. The van der Waals surface area contributed by atoms with Gasteiger partial charge in [0.25, 0.3) is 0 Å². The van der Waals surface area contributed by atoms with Crippen molar-refractivity contribution in [3.05, 3.63) is 83.4 Å². The summed E-state index contributed by atoms with van der Waals surface area (Å²) in [6.45, 7) is 5.32. The van der Waals surface area contributed by atoms with Crippen molar-refractivity contribution in [1.82, 2.24) is 14.3 Å². The number of hydrogen-bond donors (Lipinski definition) is 1. The average Bonchev–Trinajstić information content (AvgIpc) is 3.27. The minimum absolute atomic E-state index is 0.0214. The standard InChI is InChI=1S/C25H29N5O2S/c1-3-11-33(31,32)30-15-22-12-20(13-26)9-10-24(22)29(16-23-14-27-18-28-23)17-25(30)19(2)21-7-5-4-6-8-21/h4-10,12,14,18-19,25H,3,11,15-17H2,1-2H3,(H,27,28)/t19-,25+/m0/s1. The van der Waals surface area contributed by atoms with Gasteiger partial charge >= 0.3 is 0 Å². The van der Waals surface area contributed by atoms with Crippen LogP contribution in [0.4, 0.5) is 5.69 Å². The van der Waals surface area contributed by atoms with Crippen LogP contribution in [0.15, 0.2) is 61.1 Å². The molecule has 0 saturated heterocycles. The Hall–Kier alpha value is -3.15. The number of imidazole rings is 1. The lowest BCUT2D eigenvalue weighted by Crippen LogP contribution is -2.47. The number of nitrogens with zero attached hydrogens (tertiary/aromatic N) is 4. The summed E-state index contributed by atoms with van der Waals surface area (Å²) in [6, 6.07) is 17.5. The maximum atomic E-state index is 13.5. The fourth-order valence-electron chi connectivity index (χ4n) is 4.58. The molecule has 33 heavy (non-hydrogen) atoms. The normalized spacial score (nSPS) is 17.7. The number of sulfonamides is 1. The quantitative estimate of drug-likeness (QED) is 0.571. The second-order valence-corrected chi connectivity index (χ2v) is 10.6. The van der Waals surface area contributed by atoms with Crippen molar-refractivity contribution in [2.45, 2.75) is 45.3 Å². The zero-order chi connectivity index (χ0) is 23.4.